The Kier molecular flexibility index (Phi) is 5.32. The van der Waals surface area contributed by atoms with Gasteiger partial charge >= 0.3 is 5.97 Å². The van der Waals surface area contributed by atoms with Crippen LogP contribution in [0.1, 0.15) is 87.3 Å². The number of benzene rings is 1. The molecule has 0 radical (unpaired) electrons. The van der Waals surface area contributed by atoms with Crippen LogP contribution in [-0.2, 0) is 16.2 Å². The van der Waals surface area contributed by atoms with Crippen LogP contribution >= 0.6 is 0 Å². The summed E-state index contributed by atoms with van der Waals surface area (Å²) in [7, 11) is 0. The van der Waals surface area contributed by atoms with Gasteiger partial charge < -0.3 is 19.6 Å². The number of oxime groups is 1. The number of hydrogen-bond acceptors (Lipinski definition) is 6. The van der Waals surface area contributed by atoms with Gasteiger partial charge in [0.2, 0.25) is 0 Å². The number of ether oxygens (including phenoxy) is 1. The molecular weight excluding hydrogens is 430 g/mol. The van der Waals surface area contributed by atoms with Gasteiger partial charge in [0.15, 0.2) is 5.60 Å². The zero-order chi connectivity index (χ0) is 23.5. The number of likely N-dealkylation sites (tertiary alicyclic amines) is 2. The summed E-state index contributed by atoms with van der Waals surface area (Å²) < 4.78 is 6.10. The minimum Gasteiger partial charge on any atom is -0.494 e. The van der Waals surface area contributed by atoms with Crippen molar-refractivity contribution in [1.29, 1.82) is 0 Å². The van der Waals surface area contributed by atoms with E-state index in [1.54, 1.807) is 11.1 Å². The molecule has 6 rings (SSSR count). The minimum atomic E-state index is -0.690. The maximum absolute atomic E-state index is 11.5. The van der Waals surface area contributed by atoms with Gasteiger partial charge in [0.05, 0.1) is 18.4 Å². The van der Waals surface area contributed by atoms with E-state index in [-0.39, 0.29) is 5.60 Å². The maximum Gasteiger partial charge on any atom is 0.309 e. The Hall–Kier alpha value is -2.28. The number of amidine groups is 1. The van der Waals surface area contributed by atoms with Gasteiger partial charge in [-0.05, 0) is 81.4 Å². The normalized spacial score (nSPS) is 25.6. The highest BCUT2D eigenvalue weighted by Gasteiger charge is 2.51. The molecule has 7 nitrogen and oxygen atoms in total. The van der Waals surface area contributed by atoms with Crippen molar-refractivity contribution in [3.8, 4) is 5.75 Å². The average Bonchev–Trinajstić information content (AvgIpc) is 3.72. The van der Waals surface area contributed by atoms with Gasteiger partial charge in [0.25, 0.3) is 0 Å². The first-order valence-electron chi connectivity index (χ1n) is 13.1. The summed E-state index contributed by atoms with van der Waals surface area (Å²) >= 11 is 0. The first-order valence-corrected chi connectivity index (χ1v) is 13.1. The Morgan fingerprint density at radius 2 is 1.79 bits per heavy atom. The van der Waals surface area contributed by atoms with Crippen LogP contribution < -0.4 is 4.74 Å². The largest absolute Gasteiger partial charge is 0.494 e. The van der Waals surface area contributed by atoms with Gasteiger partial charge in [0, 0.05) is 38.3 Å². The molecule has 7 heteroatoms. The lowest BCUT2D eigenvalue weighted by molar-refractivity contribution is -0.150. The fraction of sp³-hybridized carbons (Fsp3) is 0.704. The zero-order valence-corrected chi connectivity index (χ0v) is 20.5. The molecule has 1 spiro atoms. The summed E-state index contributed by atoms with van der Waals surface area (Å²) in [5, 5.41) is 13.9. The van der Waals surface area contributed by atoms with Crippen LogP contribution in [0.4, 0.5) is 0 Å². The molecule has 34 heavy (non-hydrogen) atoms. The van der Waals surface area contributed by atoms with Gasteiger partial charge in [-0.25, -0.2) is 0 Å². The molecule has 0 amide bonds. The predicted octanol–water partition coefficient (Wildman–Crippen LogP) is 4.32. The molecule has 0 atom stereocenters. The molecule has 0 unspecified atom stereocenters. The Morgan fingerprint density at radius 3 is 2.38 bits per heavy atom. The van der Waals surface area contributed by atoms with Crippen molar-refractivity contribution in [2.75, 3.05) is 32.8 Å². The van der Waals surface area contributed by atoms with E-state index in [1.165, 1.54) is 31.2 Å². The number of carboxylic acid groups (broad SMARTS) is 1. The van der Waals surface area contributed by atoms with E-state index in [2.05, 4.69) is 34.0 Å². The van der Waals surface area contributed by atoms with E-state index in [0.29, 0.717) is 19.4 Å². The van der Waals surface area contributed by atoms with Crippen molar-refractivity contribution in [3.63, 3.8) is 0 Å². The molecule has 0 aromatic heterocycles. The molecule has 5 aliphatic rings. The van der Waals surface area contributed by atoms with E-state index in [0.717, 1.165) is 62.6 Å². The average molecular weight is 468 g/mol. The molecular formula is C27H37N3O4. The third-order valence-corrected chi connectivity index (χ3v) is 8.59. The van der Waals surface area contributed by atoms with E-state index >= 15 is 0 Å². The van der Waals surface area contributed by atoms with Crippen LogP contribution in [0, 0.1) is 5.41 Å². The van der Waals surface area contributed by atoms with Crippen LogP contribution in [0.3, 0.4) is 0 Å². The molecule has 2 saturated carbocycles. The van der Waals surface area contributed by atoms with Crippen molar-refractivity contribution in [2.24, 2.45) is 10.6 Å². The first kappa shape index (κ1) is 22.2. The van der Waals surface area contributed by atoms with Crippen molar-refractivity contribution in [1.82, 2.24) is 9.80 Å². The van der Waals surface area contributed by atoms with E-state index in [9.17, 15) is 9.90 Å². The predicted molar refractivity (Wildman–Crippen MR) is 129 cm³/mol. The van der Waals surface area contributed by atoms with Gasteiger partial charge in [-0.2, -0.15) is 0 Å². The summed E-state index contributed by atoms with van der Waals surface area (Å²) in [6.07, 6.45) is 7.43. The molecule has 3 heterocycles. The summed E-state index contributed by atoms with van der Waals surface area (Å²) in [4.78, 5) is 22.2. The number of piperidine rings is 1. The Labute approximate surface area is 202 Å². The third-order valence-electron chi connectivity index (χ3n) is 8.59. The SMILES string of the molecule is CCOc1cc(C2CC2)c(C2CC2)cc1CN1CC2(CC(N3CCC(C)(C(=O)O)CC3)=NO2)C1. The zero-order valence-electron chi connectivity index (χ0n) is 20.5. The lowest BCUT2D eigenvalue weighted by atomic mass is 9.80. The van der Waals surface area contributed by atoms with Crippen molar-refractivity contribution >= 4 is 11.8 Å². The molecule has 2 saturated heterocycles. The Bertz CT molecular complexity index is 999. The monoisotopic (exact) mass is 467 g/mol. The van der Waals surface area contributed by atoms with E-state index in [1.807, 2.05) is 6.92 Å². The van der Waals surface area contributed by atoms with Gasteiger partial charge in [0.1, 0.15) is 11.6 Å². The highest BCUT2D eigenvalue weighted by molar-refractivity contribution is 5.85. The fourth-order valence-electron chi connectivity index (χ4n) is 6.00. The van der Waals surface area contributed by atoms with Crippen LogP contribution in [0.2, 0.25) is 0 Å². The molecule has 184 valence electrons. The number of rotatable bonds is 7. The summed E-state index contributed by atoms with van der Waals surface area (Å²) in [6, 6.07) is 4.81. The van der Waals surface area contributed by atoms with Gasteiger partial charge in [-0.15, -0.1) is 0 Å². The molecule has 0 bridgehead atoms. The van der Waals surface area contributed by atoms with Crippen molar-refractivity contribution < 1.29 is 19.5 Å². The van der Waals surface area contributed by atoms with Crippen LogP contribution in [-0.4, -0.2) is 65.1 Å². The topological polar surface area (TPSA) is 74.6 Å². The Balaban J connectivity index is 1.08. The number of hydrogen-bond donors (Lipinski definition) is 1. The first-order chi connectivity index (χ1) is 16.4. The molecule has 1 N–H and O–H groups in total. The maximum atomic E-state index is 11.5. The van der Waals surface area contributed by atoms with E-state index < -0.39 is 11.4 Å². The third kappa shape index (κ3) is 4.06. The van der Waals surface area contributed by atoms with E-state index in [4.69, 9.17) is 9.57 Å². The number of carbonyl (C=O) groups is 1. The quantitative estimate of drug-likeness (QED) is 0.644. The molecule has 2 aliphatic carbocycles. The van der Waals surface area contributed by atoms with Gasteiger partial charge in [-0.1, -0.05) is 11.2 Å². The lowest BCUT2D eigenvalue weighted by Crippen LogP contribution is -2.61. The smallest absolute Gasteiger partial charge is 0.309 e. The highest BCUT2D eigenvalue weighted by atomic mass is 16.7. The van der Waals surface area contributed by atoms with Crippen LogP contribution in [0.15, 0.2) is 17.3 Å². The lowest BCUT2D eigenvalue weighted by Gasteiger charge is -2.46. The second kappa shape index (κ2) is 8.14. The summed E-state index contributed by atoms with van der Waals surface area (Å²) in [5.74, 6) is 2.88. The van der Waals surface area contributed by atoms with Crippen LogP contribution in [0.25, 0.3) is 0 Å². The fourth-order valence-corrected chi connectivity index (χ4v) is 6.00. The van der Waals surface area contributed by atoms with Crippen molar-refractivity contribution in [2.45, 2.75) is 82.8 Å². The summed E-state index contributed by atoms with van der Waals surface area (Å²) in [6.45, 7) is 8.72. The second-order valence-corrected chi connectivity index (χ2v) is 11.5. The highest BCUT2D eigenvalue weighted by Crippen LogP contribution is 2.51. The molecule has 4 fully saturated rings. The number of carboxylic acids is 1. The number of nitrogens with zero attached hydrogens (tertiary/aromatic N) is 3. The molecule has 1 aromatic carbocycles. The Morgan fingerprint density at radius 1 is 1.15 bits per heavy atom. The minimum absolute atomic E-state index is 0.220. The standard InChI is InChI=1S/C27H37N3O4/c1-3-33-23-13-22(19-6-7-19)21(18-4-5-18)12-20(23)15-29-16-27(17-29)14-24(28-34-27)30-10-8-26(2,9-11-30)25(31)32/h12-13,18-19H,3-11,14-17H2,1-2H3,(H,31,32). The summed E-state index contributed by atoms with van der Waals surface area (Å²) in [5.41, 5.74) is 3.60. The second-order valence-electron chi connectivity index (χ2n) is 11.5. The molecule has 3 aliphatic heterocycles. The number of aliphatic carboxylic acids is 1. The van der Waals surface area contributed by atoms with Crippen LogP contribution in [0.5, 0.6) is 5.75 Å². The molecule has 1 aromatic rings. The van der Waals surface area contributed by atoms with Gasteiger partial charge in [-0.3, -0.25) is 9.69 Å². The van der Waals surface area contributed by atoms with Crippen molar-refractivity contribution in [3.05, 3.63) is 28.8 Å².